The average molecular weight is 407 g/mol. The fourth-order valence-electron chi connectivity index (χ4n) is 2.57. The van der Waals surface area contributed by atoms with Gasteiger partial charge in [-0.25, -0.2) is 0 Å². The average Bonchev–Trinajstić information content (AvgIpc) is 2.72. The third-order valence-electron chi connectivity index (χ3n) is 4.01. The SMILES string of the molecule is CN=C(/C(=N/O)OC)c1ccccc1CO/N=C(\C)c1cccc(C(F)(F)F)c1. The van der Waals surface area contributed by atoms with Crippen molar-refractivity contribution in [3.05, 3.63) is 70.8 Å². The van der Waals surface area contributed by atoms with Crippen LogP contribution < -0.4 is 0 Å². The van der Waals surface area contributed by atoms with Gasteiger partial charge in [0, 0.05) is 18.2 Å². The summed E-state index contributed by atoms with van der Waals surface area (Å²) in [5.41, 5.74) is 1.44. The van der Waals surface area contributed by atoms with Gasteiger partial charge < -0.3 is 14.8 Å². The molecule has 2 aromatic rings. The fourth-order valence-corrected chi connectivity index (χ4v) is 2.57. The molecule has 29 heavy (non-hydrogen) atoms. The van der Waals surface area contributed by atoms with E-state index in [1.807, 2.05) is 0 Å². The van der Waals surface area contributed by atoms with E-state index >= 15 is 0 Å². The van der Waals surface area contributed by atoms with Gasteiger partial charge in [0.15, 0.2) is 0 Å². The summed E-state index contributed by atoms with van der Waals surface area (Å²) in [6.45, 7) is 1.58. The maximum absolute atomic E-state index is 12.9. The molecule has 2 rings (SSSR count). The van der Waals surface area contributed by atoms with Crippen molar-refractivity contribution >= 4 is 17.3 Å². The standard InChI is InChI=1S/C20H20F3N3O3/c1-13(14-8-6-9-16(11-14)20(21,22)23)26-29-12-15-7-4-5-10-17(15)18(24-2)19(25-27)28-3/h4-11,27H,12H2,1-3H3/b24-18?,25-19-,26-13+. The van der Waals surface area contributed by atoms with Crippen molar-refractivity contribution < 1.29 is 28.0 Å². The second-order valence-corrected chi connectivity index (χ2v) is 5.87. The third kappa shape index (κ3) is 5.56. The van der Waals surface area contributed by atoms with Gasteiger partial charge in [0.2, 0.25) is 0 Å². The smallest absolute Gasteiger partial charge is 0.416 e. The van der Waals surface area contributed by atoms with E-state index in [1.54, 1.807) is 31.2 Å². The maximum Gasteiger partial charge on any atom is 0.416 e. The lowest BCUT2D eigenvalue weighted by Gasteiger charge is -2.12. The summed E-state index contributed by atoms with van der Waals surface area (Å²) in [5.74, 6) is -0.0661. The topological polar surface area (TPSA) is 75.8 Å². The van der Waals surface area contributed by atoms with E-state index < -0.39 is 11.7 Å². The van der Waals surface area contributed by atoms with Gasteiger partial charge in [0.25, 0.3) is 5.90 Å². The van der Waals surface area contributed by atoms with E-state index in [1.165, 1.54) is 26.3 Å². The number of hydrogen-bond donors (Lipinski definition) is 1. The van der Waals surface area contributed by atoms with Gasteiger partial charge in [-0.2, -0.15) is 13.2 Å². The quantitative estimate of drug-likeness (QED) is 0.332. The van der Waals surface area contributed by atoms with E-state index in [9.17, 15) is 13.2 Å². The molecular formula is C20H20F3N3O3. The Bertz CT molecular complexity index is 938. The number of ether oxygens (including phenoxy) is 1. The minimum Gasteiger partial charge on any atom is -0.477 e. The highest BCUT2D eigenvalue weighted by Crippen LogP contribution is 2.29. The minimum absolute atomic E-state index is 0.0217. The zero-order chi connectivity index (χ0) is 21.4. The van der Waals surface area contributed by atoms with E-state index in [2.05, 4.69) is 15.3 Å². The second kappa shape index (κ2) is 9.72. The van der Waals surface area contributed by atoms with Crippen molar-refractivity contribution in [2.45, 2.75) is 19.7 Å². The molecule has 1 N–H and O–H groups in total. The monoisotopic (exact) mass is 407 g/mol. The molecular weight excluding hydrogens is 387 g/mol. The summed E-state index contributed by atoms with van der Waals surface area (Å²) in [5, 5.41) is 16.1. The van der Waals surface area contributed by atoms with Gasteiger partial charge in [-0.1, -0.05) is 41.6 Å². The van der Waals surface area contributed by atoms with Gasteiger partial charge in [0.05, 0.1) is 18.4 Å². The molecule has 0 amide bonds. The lowest BCUT2D eigenvalue weighted by Crippen LogP contribution is -2.19. The highest BCUT2D eigenvalue weighted by Gasteiger charge is 2.30. The Balaban J connectivity index is 2.21. The lowest BCUT2D eigenvalue weighted by atomic mass is 10.0. The van der Waals surface area contributed by atoms with Gasteiger partial charge >= 0.3 is 6.18 Å². The van der Waals surface area contributed by atoms with Crippen LogP contribution in [-0.2, 0) is 22.4 Å². The van der Waals surface area contributed by atoms with E-state index in [-0.39, 0.29) is 12.5 Å². The van der Waals surface area contributed by atoms with Crippen molar-refractivity contribution in [3.8, 4) is 0 Å². The minimum atomic E-state index is -4.43. The van der Waals surface area contributed by atoms with Crippen LogP contribution in [0.15, 0.2) is 63.8 Å². The second-order valence-electron chi connectivity index (χ2n) is 5.87. The van der Waals surface area contributed by atoms with Crippen LogP contribution in [-0.4, -0.2) is 36.7 Å². The molecule has 0 bridgehead atoms. The van der Waals surface area contributed by atoms with Crippen molar-refractivity contribution in [3.63, 3.8) is 0 Å². The summed E-state index contributed by atoms with van der Waals surface area (Å²) >= 11 is 0. The van der Waals surface area contributed by atoms with Crippen LogP contribution in [0.5, 0.6) is 0 Å². The molecule has 0 unspecified atom stereocenters. The predicted octanol–water partition coefficient (Wildman–Crippen LogP) is 4.50. The largest absolute Gasteiger partial charge is 0.477 e. The van der Waals surface area contributed by atoms with Crippen molar-refractivity contribution in [1.82, 2.24) is 0 Å². The fraction of sp³-hybridized carbons (Fsp3) is 0.250. The molecule has 0 saturated carbocycles. The molecule has 0 aromatic heterocycles. The highest BCUT2D eigenvalue weighted by atomic mass is 19.4. The van der Waals surface area contributed by atoms with E-state index in [0.717, 1.165) is 12.1 Å². The first-order valence-electron chi connectivity index (χ1n) is 8.47. The Kier molecular flexibility index (Phi) is 7.35. The van der Waals surface area contributed by atoms with Gasteiger partial charge in [-0.05, 0) is 29.8 Å². The molecule has 0 atom stereocenters. The Morgan fingerprint density at radius 3 is 2.45 bits per heavy atom. The molecule has 6 nitrogen and oxygen atoms in total. The number of nitrogens with zero attached hydrogens (tertiary/aromatic N) is 3. The molecule has 0 saturated heterocycles. The van der Waals surface area contributed by atoms with Crippen molar-refractivity contribution in [1.29, 1.82) is 0 Å². The van der Waals surface area contributed by atoms with Crippen LogP contribution >= 0.6 is 0 Å². The Morgan fingerprint density at radius 1 is 1.10 bits per heavy atom. The lowest BCUT2D eigenvalue weighted by molar-refractivity contribution is -0.137. The molecule has 2 aromatic carbocycles. The van der Waals surface area contributed by atoms with E-state index in [0.29, 0.717) is 28.1 Å². The molecule has 0 aliphatic carbocycles. The first kappa shape index (κ1) is 21.9. The normalized spacial score (nSPS) is 13.4. The van der Waals surface area contributed by atoms with Crippen LogP contribution in [0.3, 0.4) is 0 Å². The molecule has 0 aliphatic heterocycles. The molecule has 9 heteroatoms. The van der Waals surface area contributed by atoms with Crippen LogP contribution in [0.1, 0.15) is 29.2 Å². The van der Waals surface area contributed by atoms with Gasteiger partial charge in [0.1, 0.15) is 12.3 Å². The van der Waals surface area contributed by atoms with Gasteiger partial charge in [-0.15, -0.1) is 0 Å². The summed E-state index contributed by atoms with van der Waals surface area (Å²) < 4.78 is 43.6. The maximum atomic E-state index is 12.9. The predicted molar refractivity (Wildman–Crippen MR) is 104 cm³/mol. The molecule has 0 aliphatic rings. The summed E-state index contributed by atoms with van der Waals surface area (Å²) in [7, 11) is 2.87. The van der Waals surface area contributed by atoms with Crippen LogP contribution in [0.25, 0.3) is 0 Å². The van der Waals surface area contributed by atoms with E-state index in [4.69, 9.17) is 14.8 Å². The molecule has 154 valence electrons. The first-order chi connectivity index (χ1) is 13.8. The molecule has 0 spiro atoms. The number of alkyl halides is 3. The first-order valence-corrected chi connectivity index (χ1v) is 8.47. The van der Waals surface area contributed by atoms with Crippen LogP contribution in [0.2, 0.25) is 0 Å². The van der Waals surface area contributed by atoms with Crippen LogP contribution in [0, 0.1) is 0 Å². The molecule has 0 fully saturated rings. The van der Waals surface area contributed by atoms with Crippen molar-refractivity contribution in [2.75, 3.05) is 14.2 Å². The zero-order valence-electron chi connectivity index (χ0n) is 16.1. The zero-order valence-corrected chi connectivity index (χ0v) is 16.1. The molecule has 0 heterocycles. The Hall–Kier alpha value is -3.36. The summed E-state index contributed by atoms with van der Waals surface area (Å²) in [6.07, 6.45) is -4.43. The third-order valence-corrected chi connectivity index (χ3v) is 4.01. The number of aliphatic imine (C=N–C) groups is 1. The Labute approximate surface area is 166 Å². The number of oxime groups is 2. The molecule has 0 radical (unpaired) electrons. The summed E-state index contributed by atoms with van der Waals surface area (Å²) in [6, 6.07) is 11.9. The van der Waals surface area contributed by atoms with Crippen LogP contribution in [0.4, 0.5) is 13.2 Å². The van der Waals surface area contributed by atoms with Crippen molar-refractivity contribution in [2.24, 2.45) is 15.3 Å². The number of hydrogen-bond acceptors (Lipinski definition) is 6. The number of methoxy groups -OCH3 is 1. The highest BCUT2D eigenvalue weighted by molar-refractivity contribution is 6.45. The summed E-state index contributed by atoms with van der Waals surface area (Å²) in [4.78, 5) is 9.44. The van der Waals surface area contributed by atoms with Gasteiger partial charge in [-0.3, -0.25) is 4.99 Å². The number of halogens is 3. The number of benzene rings is 2. The number of rotatable bonds is 6. The Morgan fingerprint density at radius 2 is 1.83 bits per heavy atom.